The Morgan fingerprint density at radius 2 is 1.47 bits per heavy atom. The van der Waals surface area contributed by atoms with Gasteiger partial charge in [-0.15, -0.1) is 0 Å². The van der Waals surface area contributed by atoms with Gasteiger partial charge in [-0.25, -0.2) is 9.96 Å². The molecule has 2 saturated heterocycles. The van der Waals surface area contributed by atoms with Gasteiger partial charge in [0.1, 0.15) is 18.3 Å². The number of benzene rings is 4. The minimum Gasteiger partial charge on any atom is -0.489 e. The van der Waals surface area contributed by atoms with Crippen LogP contribution >= 0.6 is 0 Å². The molecular formula is C32H28N2O4. The van der Waals surface area contributed by atoms with Gasteiger partial charge in [0, 0.05) is 0 Å². The van der Waals surface area contributed by atoms with Gasteiger partial charge in [0.2, 0.25) is 5.91 Å². The number of hydrogen-bond acceptors (Lipinski definition) is 5. The topological polar surface area (TPSA) is 59.1 Å². The lowest BCUT2D eigenvalue weighted by molar-refractivity contribution is -0.126. The standard InChI is InChI=1S/C32H28N2O4/c1-21-13-18-27(22(2)19-21)33-31(35)28-29(34(38-30(28)32(33)36)25-11-7-4-8-12-25)24-14-16-26(17-15-24)37-20-23-9-5-3-6-10-23/h3-19,28-30H,20H2,1-2H3/t28-,29-,30+/m1/s1. The van der Waals surface area contributed by atoms with Crippen LogP contribution in [-0.2, 0) is 21.0 Å². The fourth-order valence-corrected chi connectivity index (χ4v) is 5.35. The van der Waals surface area contributed by atoms with Gasteiger partial charge in [0.05, 0.1) is 17.4 Å². The molecule has 2 aliphatic rings. The first-order valence-electron chi connectivity index (χ1n) is 12.7. The molecule has 6 rings (SSSR count). The zero-order chi connectivity index (χ0) is 26.2. The van der Waals surface area contributed by atoms with Crippen molar-refractivity contribution in [3.63, 3.8) is 0 Å². The maximum atomic E-state index is 13.9. The summed E-state index contributed by atoms with van der Waals surface area (Å²) in [6.07, 6.45) is -0.901. The van der Waals surface area contributed by atoms with Gasteiger partial charge in [-0.1, -0.05) is 78.4 Å². The largest absolute Gasteiger partial charge is 0.489 e. The molecule has 190 valence electrons. The summed E-state index contributed by atoms with van der Waals surface area (Å²) in [7, 11) is 0. The zero-order valence-corrected chi connectivity index (χ0v) is 21.3. The van der Waals surface area contributed by atoms with Crippen molar-refractivity contribution >= 4 is 23.2 Å². The van der Waals surface area contributed by atoms with Gasteiger partial charge in [0.25, 0.3) is 5.91 Å². The first kappa shape index (κ1) is 23.9. The molecule has 3 atom stereocenters. The Kier molecular flexibility index (Phi) is 6.18. The number of aryl methyl sites for hydroxylation is 2. The highest BCUT2D eigenvalue weighted by Crippen LogP contribution is 2.48. The quantitative estimate of drug-likeness (QED) is 0.305. The number of hydrogen-bond donors (Lipinski definition) is 0. The van der Waals surface area contributed by atoms with Crippen LogP contribution in [0.2, 0.25) is 0 Å². The van der Waals surface area contributed by atoms with Crippen LogP contribution in [0.5, 0.6) is 5.75 Å². The summed E-state index contributed by atoms with van der Waals surface area (Å²) < 4.78 is 5.97. The molecular weight excluding hydrogens is 476 g/mol. The van der Waals surface area contributed by atoms with Crippen LogP contribution in [0, 0.1) is 19.8 Å². The zero-order valence-electron chi connectivity index (χ0n) is 21.3. The smallest absolute Gasteiger partial charge is 0.266 e. The first-order valence-corrected chi connectivity index (χ1v) is 12.7. The molecule has 0 saturated carbocycles. The molecule has 0 spiro atoms. The number of carbonyl (C=O) groups excluding carboxylic acids is 2. The average molecular weight is 505 g/mol. The minimum absolute atomic E-state index is 0.250. The van der Waals surface area contributed by atoms with Crippen molar-refractivity contribution in [1.29, 1.82) is 0 Å². The number of anilines is 2. The second-order valence-corrected chi connectivity index (χ2v) is 9.80. The Morgan fingerprint density at radius 3 is 2.16 bits per heavy atom. The molecule has 2 fully saturated rings. The third kappa shape index (κ3) is 4.23. The van der Waals surface area contributed by atoms with Gasteiger partial charge >= 0.3 is 0 Å². The molecule has 0 N–H and O–H groups in total. The Hall–Kier alpha value is -4.42. The van der Waals surface area contributed by atoms with Crippen molar-refractivity contribution < 1.29 is 19.2 Å². The van der Waals surface area contributed by atoms with Crippen LogP contribution < -0.4 is 14.7 Å². The Labute approximate surface area is 222 Å². The number of carbonyl (C=O) groups is 2. The third-order valence-electron chi connectivity index (χ3n) is 7.19. The highest BCUT2D eigenvalue weighted by molar-refractivity contribution is 6.24. The van der Waals surface area contributed by atoms with Crippen molar-refractivity contribution in [3.05, 3.63) is 125 Å². The van der Waals surface area contributed by atoms with Crippen LogP contribution in [0.1, 0.15) is 28.3 Å². The highest BCUT2D eigenvalue weighted by atomic mass is 16.7. The molecule has 6 heteroatoms. The normalized spacial score (nSPS) is 20.6. The number of amides is 2. The van der Waals surface area contributed by atoms with E-state index < -0.39 is 18.1 Å². The van der Waals surface area contributed by atoms with Crippen LogP contribution in [0.4, 0.5) is 11.4 Å². The summed E-state index contributed by atoms with van der Waals surface area (Å²) in [6.45, 7) is 4.37. The van der Waals surface area contributed by atoms with E-state index in [2.05, 4.69) is 0 Å². The molecule has 0 aliphatic carbocycles. The van der Waals surface area contributed by atoms with E-state index in [4.69, 9.17) is 9.57 Å². The first-order chi connectivity index (χ1) is 18.5. The van der Waals surface area contributed by atoms with Crippen LogP contribution in [-0.4, -0.2) is 17.9 Å². The summed E-state index contributed by atoms with van der Waals surface area (Å²) in [5.41, 5.74) is 5.30. The summed E-state index contributed by atoms with van der Waals surface area (Å²) >= 11 is 0. The SMILES string of the molecule is Cc1ccc(N2C(=O)[C@H]3[C@H](ON(c4ccccc4)[C@@H]3c3ccc(OCc4ccccc4)cc3)C2=O)c(C)c1. The Morgan fingerprint density at radius 1 is 0.789 bits per heavy atom. The molecule has 38 heavy (non-hydrogen) atoms. The molecule has 2 heterocycles. The molecule has 0 aromatic heterocycles. The fourth-order valence-electron chi connectivity index (χ4n) is 5.35. The molecule has 4 aromatic carbocycles. The summed E-state index contributed by atoms with van der Waals surface area (Å²) in [4.78, 5) is 35.1. The maximum Gasteiger partial charge on any atom is 0.266 e. The third-order valence-corrected chi connectivity index (χ3v) is 7.19. The predicted octanol–water partition coefficient (Wildman–Crippen LogP) is 5.93. The lowest BCUT2D eigenvalue weighted by Gasteiger charge is -2.29. The molecule has 0 unspecified atom stereocenters. The number of hydroxylamine groups is 1. The number of imide groups is 1. The van der Waals surface area contributed by atoms with E-state index in [9.17, 15) is 9.59 Å². The molecule has 4 aromatic rings. The lowest BCUT2D eigenvalue weighted by atomic mass is 9.90. The van der Waals surface area contributed by atoms with E-state index in [0.29, 0.717) is 12.3 Å². The van der Waals surface area contributed by atoms with Crippen molar-refractivity contribution in [2.45, 2.75) is 32.6 Å². The van der Waals surface area contributed by atoms with Crippen molar-refractivity contribution in [1.82, 2.24) is 0 Å². The molecule has 0 bridgehead atoms. The van der Waals surface area contributed by atoms with Gasteiger partial charge in [-0.3, -0.25) is 14.4 Å². The summed E-state index contributed by atoms with van der Waals surface area (Å²) in [6, 6.07) is 32.5. The van der Waals surface area contributed by atoms with Gasteiger partial charge in [-0.2, -0.15) is 0 Å². The minimum atomic E-state index is -0.901. The second-order valence-electron chi connectivity index (χ2n) is 9.80. The van der Waals surface area contributed by atoms with Gasteiger partial charge in [0.15, 0.2) is 6.10 Å². The number of fused-ring (bicyclic) bond motifs is 1. The van der Waals surface area contributed by atoms with Gasteiger partial charge in [-0.05, 0) is 60.9 Å². The van der Waals surface area contributed by atoms with Crippen molar-refractivity contribution in [3.8, 4) is 5.75 Å². The lowest BCUT2D eigenvalue weighted by Crippen LogP contribution is -2.37. The highest BCUT2D eigenvalue weighted by Gasteiger charge is 2.60. The Balaban J connectivity index is 1.32. The summed E-state index contributed by atoms with van der Waals surface area (Å²) in [5.74, 6) is -0.539. The molecule has 2 aliphatic heterocycles. The molecule has 2 amide bonds. The fraction of sp³-hybridized carbons (Fsp3) is 0.188. The number of para-hydroxylation sites is 1. The van der Waals surface area contributed by atoms with E-state index in [1.807, 2.05) is 117 Å². The molecule has 6 nitrogen and oxygen atoms in total. The van der Waals surface area contributed by atoms with Crippen molar-refractivity contribution in [2.75, 3.05) is 9.96 Å². The van der Waals surface area contributed by atoms with E-state index in [-0.39, 0.29) is 11.8 Å². The number of ether oxygens (including phenoxy) is 1. The van der Waals surface area contributed by atoms with Crippen LogP contribution in [0.25, 0.3) is 0 Å². The monoisotopic (exact) mass is 504 g/mol. The summed E-state index contributed by atoms with van der Waals surface area (Å²) in [5, 5.41) is 1.71. The average Bonchev–Trinajstić information content (AvgIpc) is 3.45. The van der Waals surface area contributed by atoms with Crippen LogP contribution in [0.15, 0.2) is 103 Å². The van der Waals surface area contributed by atoms with E-state index in [0.717, 1.165) is 33.7 Å². The number of nitrogens with zero attached hydrogens (tertiary/aromatic N) is 2. The maximum absolute atomic E-state index is 13.9. The van der Waals surface area contributed by atoms with Crippen molar-refractivity contribution in [2.24, 2.45) is 5.92 Å². The number of rotatable bonds is 6. The van der Waals surface area contributed by atoms with Crippen LogP contribution in [0.3, 0.4) is 0 Å². The predicted molar refractivity (Wildman–Crippen MR) is 146 cm³/mol. The van der Waals surface area contributed by atoms with E-state index in [1.54, 1.807) is 5.06 Å². The molecule has 0 radical (unpaired) electrons. The Bertz CT molecular complexity index is 1470. The second kappa shape index (κ2) is 9.80. The van der Waals surface area contributed by atoms with Gasteiger partial charge < -0.3 is 4.74 Å². The van der Waals surface area contributed by atoms with E-state index in [1.165, 1.54) is 4.90 Å². The van der Waals surface area contributed by atoms with E-state index >= 15 is 0 Å².